The van der Waals surface area contributed by atoms with Crippen molar-refractivity contribution < 1.29 is 17.9 Å². The minimum Gasteiger partial charge on any atom is -0.489 e. The summed E-state index contributed by atoms with van der Waals surface area (Å²) in [4.78, 5) is 12.8. The first-order valence-electron chi connectivity index (χ1n) is 11.8. The molecule has 9 heteroatoms. The third-order valence-electron chi connectivity index (χ3n) is 5.59. The van der Waals surface area contributed by atoms with Crippen LogP contribution in [-0.4, -0.2) is 27.1 Å². The molecular weight excluding hydrogens is 522 g/mol. The van der Waals surface area contributed by atoms with Gasteiger partial charge in [-0.25, -0.2) is 13.8 Å². The van der Waals surface area contributed by atoms with E-state index >= 15 is 0 Å². The van der Waals surface area contributed by atoms with Gasteiger partial charge in [0, 0.05) is 5.02 Å². The van der Waals surface area contributed by atoms with Crippen LogP contribution in [0.4, 0.5) is 5.69 Å². The molecule has 0 bridgehead atoms. The summed E-state index contributed by atoms with van der Waals surface area (Å²) in [5.41, 5.74) is 5.26. The largest absolute Gasteiger partial charge is 0.489 e. The molecule has 0 atom stereocenters. The van der Waals surface area contributed by atoms with Gasteiger partial charge in [0.2, 0.25) is 0 Å². The van der Waals surface area contributed by atoms with Gasteiger partial charge in [0.15, 0.2) is 0 Å². The number of benzene rings is 4. The van der Waals surface area contributed by atoms with Crippen molar-refractivity contribution >= 4 is 39.4 Å². The summed E-state index contributed by atoms with van der Waals surface area (Å²) in [6.07, 6.45) is 1.47. The molecule has 0 heterocycles. The van der Waals surface area contributed by atoms with Crippen LogP contribution in [0.15, 0.2) is 113 Å². The Kier molecular flexibility index (Phi) is 8.78. The lowest BCUT2D eigenvalue weighted by molar-refractivity contribution is -0.119. The number of hydrogen-bond acceptors (Lipinski definition) is 5. The average molecular weight is 548 g/mol. The number of rotatable bonds is 10. The van der Waals surface area contributed by atoms with Crippen LogP contribution in [-0.2, 0) is 21.4 Å². The summed E-state index contributed by atoms with van der Waals surface area (Å²) >= 11 is 6.25. The first-order valence-corrected chi connectivity index (χ1v) is 13.6. The number of aryl methyl sites for hydroxylation is 1. The van der Waals surface area contributed by atoms with Crippen molar-refractivity contribution in [2.75, 3.05) is 10.8 Å². The lowest BCUT2D eigenvalue weighted by Gasteiger charge is -2.24. The minimum absolute atomic E-state index is 0.0579. The summed E-state index contributed by atoms with van der Waals surface area (Å²) in [5, 5.41) is 4.38. The normalized spacial score (nSPS) is 11.3. The number of hydrazone groups is 1. The molecule has 0 aliphatic heterocycles. The highest BCUT2D eigenvalue weighted by atomic mass is 35.5. The lowest BCUT2D eigenvalue weighted by atomic mass is 10.2. The molecule has 0 unspecified atom stereocenters. The van der Waals surface area contributed by atoms with E-state index < -0.39 is 22.5 Å². The van der Waals surface area contributed by atoms with E-state index in [4.69, 9.17) is 16.3 Å². The van der Waals surface area contributed by atoms with Gasteiger partial charge < -0.3 is 4.74 Å². The second-order valence-electron chi connectivity index (χ2n) is 8.39. The van der Waals surface area contributed by atoms with Gasteiger partial charge in [0.05, 0.1) is 16.8 Å². The monoisotopic (exact) mass is 547 g/mol. The fourth-order valence-corrected chi connectivity index (χ4v) is 5.12. The van der Waals surface area contributed by atoms with E-state index in [9.17, 15) is 13.2 Å². The Balaban J connectivity index is 1.42. The van der Waals surface area contributed by atoms with Crippen LogP contribution in [0.1, 0.15) is 16.7 Å². The zero-order valence-corrected chi connectivity index (χ0v) is 22.2. The molecule has 4 rings (SSSR count). The minimum atomic E-state index is -4.04. The Morgan fingerprint density at radius 2 is 1.61 bits per heavy atom. The zero-order valence-electron chi connectivity index (χ0n) is 20.6. The summed E-state index contributed by atoms with van der Waals surface area (Å²) in [6.45, 7) is 1.78. The van der Waals surface area contributed by atoms with Gasteiger partial charge in [-0.05, 0) is 72.1 Å². The van der Waals surface area contributed by atoms with E-state index in [0.29, 0.717) is 17.4 Å². The van der Waals surface area contributed by atoms with Gasteiger partial charge in [0.25, 0.3) is 15.9 Å². The first kappa shape index (κ1) is 26.9. The van der Waals surface area contributed by atoms with E-state index in [1.54, 1.807) is 54.6 Å². The molecular formula is C29H26ClN3O4S. The molecule has 0 radical (unpaired) electrons. The quantitative estimate of drug-likeness (QED) is 0.207. The predicted molar refractivity (Wildman–Crippen MR) is 150 cm³/mol. The van der Waals surface area contributed by atoms with Crippen molar-refractivity contribution in [3.63, 3.8) is 0 Å². The Bertz CT molecular complexity index is 1510. The maximum atomic E-state index is 13.4. The summed E-state index contributed by atoms with van der Waals surface area (Å²) in [5.74, 6) is 0.0915. The fraction of sp³-hybridized carbons (Fsp3) is 0.103. The number of amides is 1. The van der Waals surface area contributed by atoms with Crippen LogP contribution in [0.25, 0.3) is 0 Å². The molecule has 4 aromatic carbocycles. The molecule has 4 aromatic rings. The Hall–Kier alpha value is -4.14. The van der Waals surface area contributed by atoms with Crippen LogP contribution in [0, 0.1) is 6.92 Å². The number of ether oxygens (including phenoxy) is 1. The number of halogens is 1. The molecule has 0 aliphatic carbocycles. The van der Waals surface area contributed by atoms with Crippen molar-refractivity contribution in [2.45, 2.75) is 18.4 Å². The summed E-state index contributed by atoms with van der Waals surface area (Å²) in [7, 11) is -4.04. The number of anilines is 1. The first-order chi connectivity index (χ1) is 18.3. The highest BCUT2D eigenvalue weighted by Crippen LogP contribution is 2.28. The van der Waals surface area contributed by atoms with Gasteiger partial charge in [-0.2, -0.15) is 5.10 Å². The molecule has 7 nitrogen and oxygen atoms in total. The summed E-state index contributed by atoms with van der Waals surface area (Å²) < 4.78 is 33.6. The van der Waals surface area contributed by atoms with E-state index in [2.05, 4.69) is 10.5 Å². The third-order valence-corrected chi connectivity index (χ3v) is 7.79. The standard InChI is InChI=1S/C29H26ClN3O4S/c1-22-12-15-25(18-28(22)30)33(38(35,36)27-10-6-3-7-11-27)20-29(34)32-31-19-23-13-16-26(17-14-23)37-21-24-8-4-2-5-9-24/h2-19H,20-21H2,1H3,(H,32,34)/b31-19-. The lowest BCUT2D eigenvalue weighted by Crippen LogP contribution is -2.39. The number of carbonyl (C=O) groups is 1. The fourth-order valence-electron chi connectivity index (χ4n) is 3.51. The van der Waals surface area contributed by atoms with Gasteiger partial charge in [0.1, 0.15) is 18.9 Å². The number of carbonyl (C=O) groups excluding carboxylic acids is 1. The molecule has 194 valence electrons. The molecule has 0 spiro atoms. The molecule has 0 aromatic heterocycles. The van der Waals surface area contributed by atoms with Crippen LogP contribution in [0.5, 0.6) is 5.75 Å². The molecule has 1 N–H and O–H groups in total. The Morgan fingerprint density at radius 3 is 2.26 bits per heavy atom. The SMILES string of the molecule is Cc1ccc(N(CC(=O)N/N=C\c2ccc(OCc3ccccc3)cc2)S(=O)(=O)c2ccccc2)cc1Cl. The predicted octanol–water partition coefficient (Wildman–Crippen LogP) is 5.57. The number of hydrogen-bond donors (Lipinski definition) is 1. The maximum absolute atomic E-state index is 13.4. The second kappa shape index (κ2) is 12.4. The molecule has 0 fully saturated rings. The number of sulfonamides is 1. The smallest absolute Gasteiger partial charge is 0.264 e. The van der Waals surface area contributed by atoms with Crippen molar-refractivity contribution in [3.8, 4) is 5.75 Å². The third kappa shape index (κ3) is 7.00. The van der Waals surface area contributed by atoms with Gasteiger partial charge in [-0.1, -0.05) is 66.2 Å². The molecule has 0 saturated heterocycles. The van der Waals surface area contributed by atoms with Crippen molar-refractivity contribution in [1.82, 2.24) is 5.43 Å². The van der Waals surface area contributed by atoms with Crippen molar-refractivity contribution in [3.05, 3.63) is 125 Å². The van der Waals surface area contributed by atoms with E-state index in [1.165, 1.54) is 24.4 Å². The number of nitrogens with zero attached hydrogens (tertiary/aromatic N) is 2. The van der Waals surface area contributed by atoms with Gasteiger partial charge in [-0.3, -0.25) is 9.10 Å². The molecule has 0 aliphatic rings. The van der Waals surface area contributed by atoms with Gasteiger partial charge >= 0.3 is 0 Å². The van der Waals surface area contributed by atoms with Crippen molar-refractivity contribution in [2.24, 2.45) is 5.10 Å². The average Bonchev–Trinajstić information content (AvgIpc) is 2.94. The van der Waals surface area contributed by atoms with Crippen LogP contribution < -0.4 is 14.5 Å². The molecule has 38 heavy (non-hydrogen) atoms. The highest BCUT2D eigenvalue weighted by molar-refractivity contribution is 7.92. The van der Waals surface area contributed by atoms with Crippen molar-refractivity contribution in [1.29, 1.82) is 0 Å². The van der Waals surface area contributed by atoms with E-state index in [0.717, 1.165) is 21.0 Å². The van der Waals surface area contributed by atoms with Crippen LogP contribution in [0.2, 0.25) is 5.02 Å². The number of nitrogens with one attached hydrogen (secondary N) is 1. The van der Waals surface area contributed by atoms with E-state index in [1.807, 2.05) is 37.3 Å². The summed E-state index contributed by atoms with van der Waals surface area (Å²) in [6, 6.07) is 29.8. The molecule has 1 amide bonds. The van der Waals surface area contributed by atoms with E-state index in [-0.39, 0.29) is 10.6 Å². The Labute approximate surface area is 227 Å². The molecule has 0 saturated carbocycles. The Morgan fingerprint density at radius 1 is 0.947 bits per heavy atom. The second-order valence-corrected chi connectivity index (χ2v) is 10.7. The van der Waals surface area contributed by atoms with Crippen LogP contribution in [0.3, 0.4) is 0 Å². The maximum Gasteiger partial charge on any atom is 0.264 e. The topological polar surface area (TPSA) is 88.1 Å². The zero-order chi connectivity index (χ0) is 27.0. The van der Waals surface area contributed by atoms with Crippen LogP contribution >= 0.6 is 11.6 Å². The van der Waals surface area contributed by atoms with Gasteiger partial charge in [-0.15, -0.1) is 0 Å². The highest BCUT2D eigenvalue weighted by Gasteiger charge is 2.27.